The van der Waals surface area contributed by atoms with Crippen LogP contribution in [-0.2, 0) is 5.41 Å². The molecule has 0 spiro atoms. The van der Waals surface area contributed by atoms with Gasteiger partial charge in [0, 0.05) is 17.0 Å². The zero-order valence-electron chi connectivity index (χ0n) is 9.03. The summed E-state index contributed by atoms with van der Waals surface area (Å²) in [7, 11) is 0. The lowest BCUT2D eigenvalue weighted by molar-refractivity contribution is 0.602. The lowest BCUT2D eigenvalue weighted by Crippen LogP contribution is -2.22. The van der Waals surface area contributed by atoms with Crippen molar-refractivity contribution in [3.8, 4) is 0 Å². The second-order valence-electron chi connectivity index (χ2n) is 4.45. The topological polar surface area (TPSA) is 26.0 Å². The molecule has 0 aromatic heterocycles. The van der Waals surface area contributed by atoms with Gasteiger partial charge in [-0.15, -0.1) is 0 Å². The Labute approximate surface area is 94.4 Å². The van der Waals surface area contributed by atoms with E-state index < -0.39 is 0 Å². The predicted octanol–water partition coefficient (Wildman–Crippen LogP) is 3.09. The molecule has 2 N–H and O–H groups in total. The number of hydrogen-bond donors (Lipinski definition) is 1. The monoisotopic (exact) mass is 227 g/mol. The van der Waals surface area contributed by atoms with Crippen LogP contribution in [0.4, 0.5) is 4.39 Å². The number of halogens is 2. The van der Waals surface area contributed by atoms with Crippen LogP contribution in [0, 0.1) is 19.7 Å². The molecule has 0 atom stereocenters. The molecule has 1 aromatic carbocycles. The molecule has 1 fully saturated rings. The first-order chi connectivity index (χ1) is 7.02. The summed E-state index contributed by atoms with van der Waals surface area (Å²) in [5.74, 6) is -0.222. The normalized spacial score (nSPS) is 17.9. The number of hydrogen-bond acceptors (Lipinski definition) is 1. The van der Waals surface area contributed by atoms with Crippen molar-refractivity contribution < 1.29 is 4.39 Å². The minimum absolute atomic E-state index is 0.0000926. The molecule has 2 rings (SSSR count). The Morgan fingerprint density at radius 1 is 1.40 bits per heavy atom. The fraction of sp³-hybridized carbons (Fsp3) is 0.500. The van der Waals surface area contributed by atoms with Crippen molar-refractivity contribution in [2.24, 2.45) is 5.73 Å². The average Bonchev–Trinajstić information content (AvgIpc) is 2.96. The van der Waals surface area contributed by atoms with E-state index in [2.05, 4.69) is 0 Å². The molecule has 1 aliphatic rings. The van der Waals surface area contributed by atoms with Gasteiger partial charge in [-0.2, -0.15) is 0 Å². The van der Waals surface area contributed by atoms with Gasteiger partial charge in [0.2, 0.25) is 0 Å². The molecule has 3 heteroatoms. The fourth-order valence-corrected chi connectivity index (χ4v) is 2.54. The lowest BCUT2D eigenvalue weighted by Gasteiger charge is -2.20. The van der Waals surface area contributed by atoms with Gasteiger partial charge in [-0.05, 0) is 49.4 Å². The first-order valence-corrected chi connectivity index (χ1v) is 5.55. The number of benzene rings is 1. The van der Waals surface area contributed by atoms with Crippen molar-refractivity contribution in [1.82, 2.24) is 0 Å². The van der Waals surface area contributed by atoms with Gasteiger partial charge in [0.15, 0.2) is 0 Å². The highest BCUT2D eigenvalue weighted by molar-refractivity contribution is 6.31. The Hall–Kier alpha value is -0.600. The second kappa shape index (κ2) is 3.46. The van der Waals surface area contributed by atoms with Crippen LogP contribution < -0.4 is 5.73 Å². The summed E-state index contributed by atoms with van der Waals surface area (Å²) in [4.78, 5) is 0. The van der Waals surface area contributed by atoms with Crippen LogP contribution in [0.15, 0.2) is 6.07 Å². The predicted molar refractivity (Wildman–Crippen MR) is 60.9 cm³/mol. The van der Waals surface area contributed by atoms with Crippen LogP contribution in [0.3, 0.4) is 0 Å². The molecular formula is C12H15ClFN. The quantitative estimate of drug-likeness (QED) is 0.826. The molecule has 0 amide bonds. The molecule has 0 heterocycles. The Bertz CT molecular complexity index is 384. The molecule has 0 aliphatic heterocycles. The van der Waals surface area contributed by atoms with Gasteiger partial charge in [0.1, 0.15) is 5.82 Å². The highest BCUT2D eigenvalue weighted by Gasteiger charge is 2.45. The highest BCUT2D eigenvalue weighted by atomic mass is 35.5. The van der Waals surface area contributed by atoms with E-state index >= 15 is 0 Å². The smallest absolute Gasteiger partial charge is 0.127 e. The molecule has 0 radical (unpaired) electrons. The summed E-state index contributed by atoms with van der Waals surface area (Å²) in [5, 5.41) is 0.507. The van der Waals surface area contributed by atoms with E-state index in [1.54, 1.807) is 0 Å². The summed E-state index contributed by atoms with van der Waals surface area (Å²) >= 11 is 6.00. The van der Waals surface area contributed by atoms with Crippen LogP contribution in [0.2, 0.25) is 5.02 Å². The minimum Gasteiger partial charge on any atom is -0.330 e. The first-order valence-electron chi connectivity index (χ1n) is 5.17. The molecular weight excluding hydrogens is 213 g/mol. The highest BCUT2D eigenvalue weighted by Crippen LogP contribution is 2.50. The Morgan fingerprint density at radius 3 is 2.47 bits per heavy atom. The van der Waals surface area contributed by atoms with Gasteiger partial charge in [-0.3, -0.25) is 0 Å². The zero-order chi connectivity index (χ0) is 11.2. The van der Waals surface area contributed by atoms with Crippen molar-refractivity contribution in [2.45, 2.75) is 32.1 Å². The molecule has 0 saturated heterocycles. The van der Waals surface area contributed by atoms with Gasteiger partial charge < -0.3 is 5.73 Å². The van der Waals surface area contributed by atoms with Crippen molar-refractivity contribution in [3.63, 3.8) is 0 Å². The third-order valence-electron chi connectivity index (χ3n) is 3.49. The van der Waals surface area contributed by atoms with E-state index in [0.29, 0.717) is 17.1 Å². The summed E-state index contributed by atoms with van der Waals surface area (Å²) < 4.78 is 13.6. The van der Waals surface area contributed by atoms with E-state index in [1.165, 1.54) is 6.07 Å². The third-order valence-corrected chi connectivity index (χ3v) is 3.89. The van der Waals surface area contributed by atoms with Crippen LogP contribution in [-0.4, -0.2) is 6.54 Å². The Morgan fingerprint density at radius 2 is 2.00 bits per heavy atom. The minimum atomic E-state index is -0.222. The van der Waals surface area contributed by atoms with Gasteiger partial charge in [-0.1, -0.05) is 11.6 Å². The standard InChI is InChI=1S/C12H15ClFN/c1-7-9(13)5-10(14)8(2)11(7)12(6-15)3-4-12/h5H,3-4,6,15H2,1-2H3. The lowest BCUT2D eigenvalue weighted by atomic mass is 9.88. The molecule has 1 aliphatic carbocycles. The maximum atomic E-state index is 13.6. The Balaban J connectivity index is 2.64. The van der Waals surface area contributed by atoms with Crippen molar-refractivity contribution in [3.05, 3.63) is 33.6 Å². The third kappa shape index (κ3) is 1.56. The first kappa shape index (κ1) is 10.9. The van der Waals surface area contributed by atoms with Gasteiger partial charge >= 0.3 is 0 Å². The molecule has 1 aromatic rings. The summed E-state index contributed by atoms with van der Waals surface area (Å²) in [6, 6.07) is 1.39. The van der Waals surface area contributed by atoms with Gasteiger partial charge in [0.05, 0.1) is 0 Å². The van der Waals surface area contributed by atoms with E-state index in [0.717, 1.165) is 24.0 Å². The molecule has 15 heavy (non-hydrogen) atoms. The molecule has 1 nitrogen and oxygen atoms in total. The van der Waals surface area contributed by atoms with Crippen LogP contribution >= 0.6 is 11.6 Å². The van der Waals surface area contributed by atoms with Crippen molar-refractivity contribution in [1.29, 1.82) is 0 Å². The summed E-state index contributed by atoms with van der Waals surface area (Å²) in [6.45, 7) is 4.33. The summed E-state index contributed by atoms with van der Waals surface area (Å²) in [5.41, 5.74) is 8.50. The van der Waals surface area contributed by atoms with E-state index in [1.807, 2.05) is 13.8 Å². The van der Waals surface area contributed by atoms with Crippen LogP contribution in [0.25, 0.3) is 0 Å². The van der Waals surface area contributed by atoms with E-state index in [4.69, 9.17) is 17.3 Å². The molecule has 0 bridgehead atoms. The van der Waals surface area contributed by atoms with Crippen molar-refractivity contribution >= 4 is 11.6 Å². The van der Waals surface area contributed by atoms with Gasteiger partial charge in [0.25, 0.3) is 0 Å². The second-order valence-corrected chi connectivity index (χ2v) is 4.86. The molecule has 0 unspecified atom stereocenters. The molecule has 82 valence electrons. The van der Waals surface area contributed by atoms with E-state index in [9.17, 15) is 4.39 Å². The maximum absolute atomic E-state index is 13.6. The fourth-order valence-electron chi connectivity index (χ4n) is 2.35. The van der Waals surface area contributed by atoms with Crippen LogP contribution in [0.5, 0.6) is 0 Å². The largest absolute Gasteiger partial charge is 0.330 e. The maximum Gasteiger partial charge on any atom is 0.127 e. The van der Waals surface area contributed by atoms with Crippen molar-refractivity contribution in [2.75, 3.05) is 6.54 Å². The van der Waals surface area contributed by atoms with E-state index in [-0.39, 0.29) is 11.2 Å². The molecule has 1 saturated carbocycles. The SMILES string of the molecule is Cc1c(F)cc(Cl)c(C)c1C1(CN)CC1. The van der Waals surface area contributed by atoms with Gasteiger partial charge in [-0.25, -0.2) is 4.39 Å². The number of nitrogens with two attached hydrogens (primary N) is 1. The Kier molecular flexibility index (Phi) is 2.52. The average molecular weight is 228 g/mol. The number of rotatable bonds is 2. The van der Waals surface area contributed by atoms with Crippen LogP contribution in [0.1, 0.15) is 29.5 Å². The zero-order valence-corrected chi connectivity index (χ0v) is 9.79. The summed E-state index contributed by atoms with van der Waals surface area (Å²) in [6.07, 6.45) is 2.09.